The first-order valence-electron chi connectivity index (χ1n) is 7.29. The molecule has 0 saturated heterocycles. The van der Waals surface area contributed by atoms with E-state index in [9.17, 15) is 4.79 Å². The lowest BCUT2D eigenvalue weighted by Crippen LogP contribution is -2.32. The normalized spacial score (nSPS) is 12.0. The van der Waals surface area contributed by atoms with Gasteiger partial charge in [0.2, 0.25) is 0 Å². The number of aromatic nitrogens is 1. The first-order valence-corrected chi connectivity index (χ1v) is 8.49. The van der Waals surface area contributed by atoms with Crippen LogP contribution in [0.4, 0.5) is 0 Å². The molecule has 0 fully saturated rings. The van der Waals surface area contributed by atoms with Gasteiger partial charge in [-0.05, 0) is 49.7 Å². The van der Waals surface area contributed by atoms with Gasteiger partial charge in [0.15, 0.2) is 0 Å². The second-order valence-corrected chi connectivity index (χ2v) is 6.57. The SMILES string of the molecule is CCC[C@H](C)NC(=O)c1cccnc1Sc1ccc(Cl)cc1. The predicted octanol–water partition coefficient (Wildman–Crippen LogP) is 4.80. The zero-order valence-corrected chi connectivity index (χ0v) is 14.2. The summed E-state index contributed by atoms with van der Waals surface area (Å²) < 4.78 is 0. The van der Waals surface area contributed by atoms with Crippen molar-refractivity contribution in [1.82, 2.24) is 10.3 Å². The molecule has 0 saturated carbocycles. The minimum Gasteiger partial charge on any atom is -0.350 e. The van der Waals surface area contributed by atoms with Gasteiger partial charge in [0.1, 0.15) is 5.03 Å². The van der Waals surface area contributed by atoms with E-state index >= 15 is 0 Å². The summed E-state index contributed by atoms with van der Waals surface area (Å²) in [5.41, 5.74) is 0.602. The molecule has 2 rings (SSSR count). The fourth-order valence-electron chi connectivity index (χ4n) is 2.07. The average Bonchev–Trinajstić information content (AvgIpc) is 2.50. The number of hydrogen-bond donors (Lipinski definition) is 1. The van der Waals surface area contributed by atoms with E-state index in [-0.39, 0.29) is 11.9 Å². The van der Waals surface area contributed by atoms with Crippen LogP contribution in [0.15, 0.2) is 52.5 Å². The van der Waals surface area contributed by atoms with Crippen molar-refractivity contribution in [3.8, 4) is 0 Å². The van der Waals surface area contributed by atoms with Gasteiger partial charge in [-0.15, -0.1) is 0 Å². The van der Waals surface area contributed by atoms with E-state index < -0.39 is 0 Å². The van der Waals surface area contributed by atoms with Gasteiger partial charge in [0.05, 0.1) is 5.56 Å². The first-order chi connectivity index (χ1) is 10.6. The van der Waals surface area contributed by atoms with Crippen LogP contribution < -0.4 is 5.32 Å². The third-order valence-corrected chi connectivity index (χ3v) is 4.42. The average molecular weight is 335 g/mol. The number of pyridine rings is 1. The van der Waals surface area contributed by atoms with Gasteiger partial charge >= 0.3 is 0 Å². The molecule has 3 nitrogen and oxygen atoms in total. The summed E-state index contributed by atoms with van der Waals surface area (Å²) in [4.78, 5) is 17.7. The van der Waals surface area contributed by atoms with E-state index in [1.54, 1.807) is 18.3 Å². The molecule has 116 valence electrons. The summed E-state index contributed by atoms with van der Waals surface area (Å²) in [7, 11) is 0. The van der Waals surface area contributed by atoms with Gasteiger partial charge in [0, 0.05) is 22.2 Å². The van der Waals surface area contributed by atoms with Crippen LogP contribution in [-0.4, -0.2) is 16.9 Å². The number of halogens is 1. The Kier molecular flexibility index (Phi) is 6.28. The van der Waals surface area contributed by atoms with Crippen LogP contribution in [0.3, 0.4) is 0 Å². The number of hydrogen-bond acceptors (Lipinski definition) is 3. The van der Waals surface area contributed by atoms with E-state index in [0.717, 1.165) is 17.7 Å². The van der Waals surface area contributed by atoms with Gasteiger partial charge in [-0.2, -0.15) is 0 Å². The third-order valence-electron chi connectivity index (χ3n) is 3.14. The third kappa shape index (κ3) is 4.75. The van der Waals surface area contributed by atoms with Crippen molar-refractivity contribution in [3.05, 3.63) is 53.2 Å². The Hall–Kier alpha value is -1.52. The molecule has 0 aliphatic heterocycles. The van der Waals surface area contributed by atoms with E-state index in [2.05, 4.69) is 17.2 Å². The zero-order valence-electron chi connectivity index (χ0n) is 12.7. The number of carbonyl (C=O) groups excluding carboxylic acids is 1. The molecule has 1 N–H and O–H groups in total. The Labute approximate surface area is 140 Å². The highest BCUT2D eigenvalue weighted by Crippen LogP contribution is 2.29. The fourth-order valence-corrected chi connectivity index (χ4v) is 3.07. The Morgan fingerprint density at radius 3 is 2.73 bits per heavy atom. The number of rotatable bonds is 6. The number of nitrogens with zero attached hydrogens (tertiary/aromatic N) is 1. The largest absolute Gasteiger partial charge is 0.350 e. The van der Waals surface area contributed by atoms with Crippen LogP contribution >= 0.6 is 23.4 Å². The monoisotopic (exact) mass is 334 g/mol. The Bertz CT molecular complexity index is 631. The van der Waals surface area contributed by atoms with Crippen molar-refractivity contribution < 1.29 is 4.79 Å². The summed E-state index contributed by atoms with van der Waals surface area (Å²) in [5.74, 6) is -0.0782. The summed E-state index contributed by atoms with van der Waals surface area (Å²) in [6, 6.07) is 11.2. The maximum absolute atomic E-state index is 12.4. The zero-order chi connectivity index (χ0) is 15.9. The van der Waals surface area contributed by atoms with E-state index in [1.165, 1.54) is 11.8 Å². The molecule has 0 unspecified atom stereocenters. The fraction of sp³-hybridized carbons (Fsp3) is 0.294. The highest BCUT2D eigenvalue weighted by atomic mass is 35.5. The maximum atomic E-state index is 12.4. The molecule has 0 bridgehead atoms. The van der Waals surface area contributed by atoms with Crippen LogP contribution in [0, 0.1) is 0 Å². The molecule has 0 radical (unpaired) electrons. The number of nitrogens with one attached hydrogen (secondary N) is 1. The molecule has 1 atom stereocenters. The molecular weight excluding hydrogens is 316 g/mol. The van der Waals surface area contributed by atoms with Crippen molar-refractivity contribution in [2.75, 3.05) is 0 Å². The molecule has 1 aromatic carbocycles. The number of amides is 1. The van der Waals surface area contributed by atoms with Gasteiger partial charge in [0.25, 0.3) is 5.91 Å². The predicted molar refractivity (Wildman–Crippen MR) is 91.6 cm³/mol. The molecule has 0 spiro atoms. The summed E-state index contributed by atoms with van der Waals surface area (Å²) in [6.45, 7) is 4.12. The van der Waals surface area contributed by atoms with Crippen molar-refractivity contribution >= 4 is 29.3 Å². The molecule has 22 heavy (non-hydrogen) atoms. The lowest BCUT2D eigenvalue weighted by atomic mass is 10.2. The summed E-state index contributed by atoms with van der Waals surface area (Å²) in [6.07, 6.45) is 3.71. The lowest BCUT2D eigenvalue weighted by molar-refractivity contribution is 0.0934. The smallest absolute Gasteiger partial charge is 0.254 e. The van der Waals surface area contributed by atoms with Crippen LogP contribution in [0.5, 0.6) is 0 Å². The molecule has 2 aromatic rings. The standard InChI is InChI=1S/C17H19ClN2OS/c1-3-5-12(2)20-16(21)15-6-4-11-19-17(15)22-14-9-7-13(18)8-10-14/h4,6-12H,3,5H2,1-2H3,(H,20,21)/t12-/m0/s1. The number of benzene rings is 1. The van der Waals surface area contributed by atoms with Crippen molar-refractivity contribution in [2.24, 2.45) is 0 Å². The highest BCUT2D eigenvalue weighted by molar-refractivity contribution is 7.99. The molecule has 1 heterocycles. The molecular formula is C17H19ClN2OS. The molecule has 0 aliphatic rings. The van der Waals surface area contributed by atoms with Gasteiger partial charge in [-0.1, -0.05) is 36.7 Å². The van der Waals surface area contributed by atoms with Gasteiger partial charge < -0.3 is 5.32 Å². The molecule has 1 amide bonds. The lowest BCUT2D eigenvalue weighted by Gasteiger charge is -2.14. The van der Waals surface area contributed by atoms with Crippen LogP contribution in [0.2, 0.25) is 5.02 Å². The van der Waals surface area contributed by atoms with Crippen molar-refractivity contribution in [3.63, 3.8) is 0 Å². The second-order valence-electron chi connectivity index (χ2n) is 5.08. The van der Waals surface area contributed by atoms with Crippen LogP contribution in [0.1, 0.15) is 37.0 Å². The molecule has 0 aliphatic carbocycles. The first kappa shape index (κ1) is 16.8. The van der Waals surface area contributed by atoms with E-state index in [0.29, 0.717) is 15.6 Å². The van der Waals surface area contributed by atoms with Crippen molar-refractivity contribution in [2.45, 2.75) is 42.7 Å². The minimum absolute atomic E-state index is 0.0782. The van der Waals surface area contributed by atoms with E-state index in [1.807, 2.05) is 31.2 Å². The highest BCUT2D eigenvalue weighted by Gasteiger charge is 2.15. The summed E-state index contributed by atoms with van der Waals surface area (Å²) in [5, 5.41) is 4.41. The van der Waals surface area contributed by atoms with E-state index in [4.69, 9.17) is 11.6 Å². The van der Waals surface area contributed by atoms with Crippen LogP contribution in [-0.2, 0) is 0 Å². The Morgan fingerprint density at radius 1 is 1.32 bits per heavy atom. The molecule has 5 heteroatoms. The quantitative estimate of drug-likeness (QED) is 0.824. The van der Waals surface area contributed by atoms with Gasteiger partial charge in [-0.3, -0.25) is 4.79 Å². The van der Waals surface area contributed by atoms with Crippen LogP contribution in [0.25, 0.3) is 0 Å². The topological polar surface area (TPSA) is 42.0 Å². The Morgan fingerprint density at radius 2 is 2.05 bits per heavy atom. The maximum Gasteiger partial charge on any atom is 0.254 e. The number of carbonyl (C=O) groups is 1. The minimum atomic E-state index is -0.0782. The second kappa shape index (κ2) is 8.20. The Balaban J connectivity index is 2.15. The van der Waals surface area contributed by atoms with Crippen molar-refractivity contribution in [1.29, 1.82) is 0 Å². The van der Waals surface area contributed by atoms with Gasteiger partial charge in [-0.25, -0.2) is 4.98 Å². The summed E-state index contributed by atoms with van der Waals surface area (Å²) >= 11 is 7.36. The molecule has 1 aromatic heterocycles.